The standard InChI is InChI=1S/C30H33NO5/c32-29(19-22-9-7-8-10-22)31-26(30(33)34)17-25-15-16-27(35-20-23-11-3-1-4-12-23)28(18-25)36-21-24-13-5-2-6-14-24/h1-6,11-16,18,22,26H,7-10,17,19-21H2,(H,31,32)(H,33,34)/t26-/m1/s1. The van der Waals surface area contributed by atoms with Gasteiger partial charge >= 0.3 is 5.97 Å². The quantitative estimate of drug-likeness (QED) is 0.351. The third kappa shape index (κ3) is 7.60. The molecule has 0 unspecified atom stereocenters. The number of hydrogen-bond donors (Lipinski definition) is 2. The van der Waals surface area contributed by atoms with Crippen LogP contribution in [-0.2, 0) is 29.2 Å². The minimum Gasteiger partial charge on any atom is -0.485 e. The van der Waals surface area contributed by atoms with E-state index in [9.17, 15) is 14.7 Å². The van der Waals surface area contributed by atoms with Gasteiger partial charge in [0.25, 0.3) is 0 Å². The highest BCUT2D eigenvalue weighted by molar-refractivity contribution is 5.83. The number of carboxylic acids is 1. The van der Waals surface area contributed by atoms with Gasteiger partial charge in [-0.2, -0.15) is 0 Å². The van der Waals surface area contributed by atoms with Crippen LogP contribution in [0.1, 0.15) is 48.8 Å². The second-order valence-electron chi connectivity index (χ2n) is 9.35. The number of aliphatic carboxylic acids is 1. The SMILES string of the molecule is O=C(CC1CCCC1)N[C@H](Cc1ccc(OCc2ccccc2)c(OCc2ccccc2)c1)C(=O)O. The van der Waals surface area contributed by atoms with Crippen molar-refractivity contribution in [3.8, 4) is 11.5 Å². The number of rotatable bonds is 12. The molecule has 4 rings (SSSR count). The first-order chi connectivity index (χ1) is 17.6. The minimum atomic E-state index is -1.05. The molecular weight excluding hydrogens is 454 g/mol. The lowest BCUT2D eigenvalue weighted by Crippen LogP contribution is -2.42. The second kappa shape index (κ2) is 12.8. The molecule has 1 fully saturated rings. The maximum absolute atomic E-state index is 12.5. The van der Waals surface area contributed by atoms with Crippen LogP contribution in [-0.4, -0.2) is 23.0 Å². The molecule has 2 N–H and O–H groups in total. The molecule has 0 saturated heterocycles. The third-order valence-corrected chi connectivity index (χ3v) is 6.50. The fourth-order valence-electron chi connectivity index (χ4n) is 4.55. The van der Waals surface area contributed by atoms with E-state index in [1.165, 1.54) is 0 Å². The van der Waals surface area contributed by atoms with E-state index < -0.39 is 12.0 Å². The summed E-state index contributed by atoms with van der Waals surface area (Å²) in [6.07, 6.45) is 4.92. The largest absolute Gasteiger partial charge is 0.485 e. The van der Waals surface area contributed by atoms with Crippen molar-refractivity contribution in [1.29, 1.82) is 0 Å². The summed E-state index contributed by atoms with van der Waals surface area (Å²) in [6, 6.07) is 24.1. The van der Waals surface area contributed by atoms with Crippen molar-refractivity contribution in [2.24, 2.45) is 5.92 Å². The Morgan fingerprint density at radius 3 is 1.97 bits per heavy atom. The van der Waals surface area contributed by atoms with E-state index >= 15 is 0 Å². The smallest absolute Gasteiger partial charge is 0.326 e. The zero-order valence-corrected chi connectivity index (χ0v) is 20.4. The fourth-order valence-corrected chi connectivity index (χ4v) is 4.55. The predicted octanol–water partition coefficient (Wildman–Crippen LogP) is 5.54. The molecule has 6 nitrogen and oxygen atoms in total. The van der Waals surface area contributed by atoms with Gasteiger partial charge in [0.2, 0.25) is 5.91 Å². The molecule has 0 radical (unpaired) electrons. The third-order valence-electron chi connectivity index (χ3n) is 6.50. The number of amides is 1. The van der Waals surface area contributed by atoms with Crippen molar-refractivity contribution in [3.63, 3.8) is 0 Å². The Morgan fingerprint density at radius 1 is 0.806 bits per heavy atom. The summed E-state index contributed by atoms with van der Waals surface area (Å²) in [5, 5.41) is 12.5. The highest BCUT2D eigenvalue weighted by Gasteiger charge is 2.24. The van der Waals surface area contributed by atoms with Crippen LogP contribution in [0.2, 0.25) is 0 Å². The average molecular weight is 488 g/mol. The minimum absolute atomic E-state index is 0.159. The van der Waals surface area contributed by atoms with Gasteiger partial charge in [0.1, 0.15) is 19.3 Å². The van der Waals surface area contributed by atoms with Crippen LogP contribution >= 0.6 is 0 Å². The molecular formula is C30H33NO5. The van der Waals surface area contributed by atoms with Crippen molar-refractivity contribution < 1.29 is 24.2 Å². The Morgan fingerprint density at radius 2 is 1.39 bits per heavy atom. The van der Waals surface area contributed by atoms with E-state index in [2.05, 4.69) is 5.32 Å². The molecule has 1 atom stereocenters. The normalized spacial score (nSPS) is 14.2. The highest BCUT2D eigenvalue weighted by Crippen LogP contribution is 2.31. The Kier molecular flexibility index (Phi) is 8.98. The van der Waals surface area contributed by atoms with Crippen LogP contribution in [0.4, 0.5) is 0 Å². The van der Waals surface area contributed by atoms with Crippen molar-refractivity contribution >= 4 is 11.9 Å². The molecule has 0 aliphatic heterocycles. The highest BCUT2D eigenvalue weighted by atomic mass is 16.5. The molecule has 6 heteroatoms. The van der Waals surface area contributed by atoms with Crippen LogP contribution in [0.3, 0.4) is 0 Å². The lowest BCUT2D eigenvalue weighted by Gasteiger charge is -2.18. The van der Waals surface area contributed by atoms with Gasteiger partial charge in [-0.1, -0.05) is 79.6 Å². The Labute approximate surface area is 212 Å². The van der Waals surface area contributed by atoms with Crippen molar-refractivity contribution in [2.45, 2.75) is 57.8 Å². The molecule has 0 bridgehead atoms. The van der Waals surface area contributed by atoms with Crippen LogP contribution in [0.15, 0.2) is 78.9 Å². The van der Waals surface area contributed by atoms with Gasteiger partial charge in [0.15, 0.2) is 11.5 Å². The lowest BCUT2D eigenvalue weighted by atomic mass is 10.0. The van der Waals surface area contributed by atoms with Crippen LogP contribution in [0.5, 0.6) is 11.5 Å². The zero-order valence-electron chi connectivity index (χ0n) is 20.4. The maximum Gasteiger partial charge on any atom is 0.326 e. The Hall–Kier alpha value is -3.80. The first kappa shape index (κ1) is 25.3. The van der Waals surface area contributed by atoms with Crippen LogP contribution < -0.4 is 14.8 Å². The van der Waals surface area contributed by atoms with E-state index in [-0.39, 0.29) is 12.3 Å². The van der Waals surface area contributed by atoms with Crippen LogP contribution in [0.25, 0.3) is 0 Å². The predicted molar refractivity (Wildman–Crippen MR) is 138 cm³/mol. The van der Waals surface area contributed by atoms with E-state index in [0.29, 0.717) is 37.1 Å². The average Bonchev–Trinajstić information content (AvgIpc) is 3.40. The number of carboxylic acid groups (broad SMARTS) is 1. The van der Waals surface area contributed by atoms with E-state index in [1.807, 2.05) is 72.8 Å². The number of carbonyl (C=O) groups excluding carboxylic acids is 1. The number of ether oxygens (including phenoxy) is 2. The van der Waals surface area contributed by atoms with Gasteiger partial charge in [-0.05, 0) is 47.6 Å². The summed E-state index contributed by atoms with van der Waals surface area (Å²) in [7, 11) is 0. The molecule has 3 aromatic rings. The molecule has 0 heterocycles. The number of carbonyl (C=O) groups is 2. The molecule has 188 valence electrons. The molecule has 36 heavy (non-hydrogen) atoms. The van der Waals surface area contributed by atoms with Gasteiger partial charge in [-0.25, -0.2) is 4.79 Å². The molecule has 1 aliphatic rings. The van der Waals surface area contributed by atoms with Gasteiger partial charge in [-0.3, -0.25) is 4.79 Å². The molecule has 1 aliphatic carbocycles. The Bertz CT molecular complexity index is 1130. The fraction of sp³-hybridized carbons (Fsp3) is 0.333. The molecule has 3 aromatic carbocycles. The molecule has 1 amide bonds. The summed E-state index contributed by atoms with van der Waals surface area (Å²) >= 11 is 0. The lowest BCUT2D eigenvalue weighted by molar-refractivity contribution is -0.141. The number of nitrogens with one attached hydrogen (secondary N) is 1. The van der Waals surface area contributed by atoms with Crippen molar-refractivity contribution in [1.82, 2.24) is 5.32 Å². The summed E-state index contributed by atoms with van der Waals surface area (Å²) in [4.78, 5) is 24.4. The number of hydrogen-bond acceptors (Lipinski definition) is 4. The summed E-state index contributed by atoms with van der Waals surface area (Å²) in [5.74, 6) is 0.228. The number of benzene rings is 3. The van der Waals surface area contributed by atoms with E-state index in [1.54, 1.807) is 6.07 Å². The second-order valence-corrected chi connectivity index (χ2v) is 9.35. The first-order valence-electron chi connectivity index (χ1n) is 12.6. The van der Waals surface area contributed by atoms with Gasteiger partial charge in [0, 0.05) is 12.8 Å². The summed E-state index contributed by atoms with van der Waals surface area (Å²) in [5.41, 5.74) is 2.80. The molecule has 0 spiro atoms. The van der Waals surface area contributed by atoms with Gasteiger partial charge in [-0.15, -0.1) is 0 Å². The monoisotopic (exact) mass is 487 g/mol. The summed E-state index contributed by atoms with van der Waals surface area (Å²) in [6.45, 7) is 0.739. The Balaban J connectivity index is 1.46. The maximum atomic E-state index is 12.5. The summed E-state index contributed by atoms with van der Waals surface area (Å²) < 4.78 is 12.2. The molecule has 1 saturated carbocycles. The topological polar surface area (TPSA) is 84.9 Å². The molecule has 0 aromatic heterocycles. The first-order valence-corrected chi connectivity index (χ1v) is 12.6. The van der Waals surface area contributed by atoms with E-state index in [4.69, 9.17) is 9.47 Å². The van der Waals surface area contributed by atoms with Gasteiger partial charge in [0.05, 0.1) is 0 Å². The van der Waals surface area contributed by atoms with Crippen molar-refractivity contribution in [3.05, 3.63) is 95.6 Å². The zero-order chi connectivity index (χ0) is 25.2. The van der Waals surface area contributed by atoms with Gasteiger partial charge < -0.3 is 19.9 Å². The van der Waals surface area contributed by atoms with Crippen molar-refractivity contribution in [2.75, 3.05) is 0 Å². The van der Waals surface area contributed by atoms with Crippen LogP contribution in [0, 0.1) is 5.92 Å². The van der Waals surface area contributed by atoms with E-state index in [0.717, 1.165) is 42.4 Å².